The van der Waals surface area contributed by atoms with E-state index in [-0.39, 0.29) is 6.09 Å². The number of aryl methyl sites for hydroxylation is 1. The summed E-state index contributed by atoms with van der Waals surface area (Å²) in [5, 5.41) is 4.68. The Labute approximate surface area is 143 Å². The van der Waals surface area contributed by atoms with Crippen LogP contribution < -0.4 is 5.32 Å². The van der Waals surface area contributed by atoms with Gasteiger partial charge >= 0.3 is 6.09 Å². The van der Waals surface area contributed by atoms with Gasteiger partial charge in [0.05, 0.1) is 0 Å². The Bertz CT molecular complexity index is 524. The number of hydrogen-bond donors (Lipinski definition) is 1. The highest BCUT2D eigenvalue weighted by molar-refractivity contribution is 7.11. The van der Waals surface area contributed by atoms with Crippen molar-refractivity contribution in [2.24, 2.45) is 5.92 Å². The fraction of sp³-hybridized carbons (Fsp3) is 0.765. The third-order valence-electron chi connectivity index (χ3n) is 4.06. The third-order valence-corrected chi connectivity index (χ3v) is 4.97. The lowest BCUT2D eigenvalue weighted by Gasteiger charge is -2.36. The molecular weight excluding hydrogens is 310 g/mol. The number of nitrogens with one attached hydrogen (secondary N) is 1. The number of hydrogen-bond acceptors (Lipinski definition) is 5. The standard InChI is InChI=1S/C17H29N3O2S/c1-12-9-19-15(23-12)10-18-13(2)14-7-6-8-20(11-14)16(21)22-17(3,4)5/h9,13-14,18H,6-8,10-11H2,1-5H3. The van der Waals surface area contributed by atoms with Gasteiger partial charge in [-0.2, -0.15) is 0 Å². The van der Waals surface area contributed by atoms with Gasteiger partial charge < -0.3 is 15.0 Å². The van der Waals surface area contributed by atoms with E-state index in [0.29, 0.717) is 12.0 Å². The van der Waals surface area contributed by atoms with Gasteiger partial charge in [0.2, 0.25) is 0 Å². The van der Waals surface area contributed by atoms with Crippen molar-refractivity contribution in [3.05, 3.63) is 16.1 Å². The molecule has 1 fully saturated rings. The maximum absolute atomic E-state index is 12.2. The Balaban J connectivity index is 1.83. The van der Waals surface area contributed by atoms with Gasteiger partial charge in [0.1, 0.15) is 10.6 Å². The van der Waals surface area contributed by atoms with Gasteiger partial charge in [-0.05, 0) is 53.4 Å². The van der Waals surface area contributed by atoms with E-state index in [0.717, 1.165) is 37.5 Å². The molecule has 1 amide bonds. The molecule has 1 aliphatic heterocycles. The molecule has 130 valence electrons. The normalized spacial score (nSPS) is 20.4. The molecule has 0 aromatic carbocycles. The zero-order valence-electron chi connectivity index (χ0n) is 14.9. The molecule has 2 rings (SSSR count). The number of rotatable bonds is 4. The van der Waals surface area contributed by atoms with Crippen LogP contribution in [0.1, 0.15) is 50.4 Å². The summed E-state index contributed by atoms with van der Waals surface area (Å²) < 4.78 is 5.50. The fourth-order valence-corrected chi connectivity index (χ4v) is 3.55. The highest BCUT2D eigenvalue weighted by Crippen LogP contribution is 2.22. The van der Waals surface area contributed by atoms with Crippen LogP contribution in [0.25, 0.3) is 0 Å². The summed E-state index contributed by atoms with van der Waals surface area (Å²) in [4.78, 5) is 19.7. The molecule has 23 heavy (non-hydrogen) atoms. The Kier molecular flexibility index (Phi) is 6.03. The van der Waals surface area contributed by atoms with Gasteiger partial charge in [0.25, 0.3) is 0 Å². The number of aromatic nitrogens is 1. The molecule has 0 saturated carbocycles. The summed E-state index contributed by atoms with van der Waals surface area (Å²) in [6.45, 7) is 12.4. The van der Waals surface area contributed by atoms with E-state index in [9.17, 15) is 4.79 Å². The van der Waals surface area contributed by atoms with Gasteiger partial charge in [-0.3, -0.25) is 0 Å². The number of thiazole rings is 1. The molecule has 1 saturated heterocycles. The van der Waals surface area contributed by atoms with E-state index in [2.05, 4.69) is 24.1 Å². The predicted molar refractivity (Wildman–Crippen MR) is 93.7 cm³/mol. The van der Waals surface area contributed by atoms with E-state index in [4.69, 9.17) is 4.74 Å². The van der Waals surface area contributed by atoms with Gasteiger partial charge in [0, 0.05) is 36.8 Å². The average Bonchev–Trinajstić information content (AvgIpc) is 2.89. The van der Waals surface area contributed by atoms with Gasteiger partial charge in [-0.15, -0.1) is 11.3 Å². The second-order valence-corrected chi connectivity index (χ2v) is 8.68. The predicted octanol–water partition coefficient (Wildman–Crippen LogP) is 3.58. The van der Waals surface area contributed by atoms with Gasteiger partial charge in [0.15, 0.2) is 0 Å². The lowest BCUT2D eigenvalue weighted by molar-refractivity contribution is 0.0148. The minimum Gasteiger partial charge on any atom is -0.444 e. The quantitative estimate of drug-likeness (QED) is 0.911. The molecule has 1 aromatic heterocycles. The molecule has 0 aliphatic carbocycles. The molecule has 2 unspecified atom stereocenters. The second kappa shape index (κ2) is 7.62. The monoisotopic (exact) mass is 339 g/mol. The highest BCUT2D eigenvalue weighted by Gasteiger charge is 2.30. The fourth-order valence-electron chi connectivity index (χ4n) is 2.81. The third kappa shape index (κ3) is 5.77. The van der Waals surface area contributed by atoms with Crippen LogP contribution >= 0.6 is 11.3 Å². The highest BCUT2D eigenvalue weighted by atomic mass is 32.1. The summed E-state index contributed by atoms with van der Waals surface area (Å²) >= 11 is 1.73. The smallest absolute Gasteiger partial charge is 0.410 e. The number of amides is 1. The minimum atomic E-state index is -0.434. The Morgan fingerprint density at radius 3 is 2.91 bits per heavy atom. The van der Waals surface area contributed by atoms with Crippen LogP contribution in [-0.2, 0) is 11.3 Å². The molecule has 1 aromatic rings. The van der Waals surface area contributed by atoms with Gasteiger partial charge in [-0.25, -0.2) is 9.78 Å². The first-order valence-corrected chi connectivity index (χ1v) is 9.19. The first kappa shape index (κ1) is 18.2. The van der Waals surface area contributed by atoms with Gasteiger partial charge in [-0.1, -0.05) is 0 Å². The first-order valence-electron chi connectivity index (χ1n) is 8.37. The Morgan fingerprint density at radius 2 is 2.30 bits per heavy atom. The summed E-state index contributed by atoms with van der Waals surface area (Å²) in [7, 11) is 0. The van der Waals surface area contributed by atoms with Crippen LogP contribution in [0.5, 0.6) is 0 Å². The Morgan fingerprint density at radius 1 is 1.57 bits per heavy atom. The minimum absolute atomic E-state index is 0.190. The van der Waals surface area contributed by atoms with Crippen molar-refractivity contribution in [3.63, 3.8) is 0 Å². The van der Waals surface area contributed by atoms with Crippen molar-refractivity contribution < 1.29 is 9.53 Å². The molecule has 0 bridgehead atoms. The largest absolute Gasteiger partial charge is 0.444 e. The summed E-state index contributed by atoms with van der Waals surface area (Å²) in [6, 6.07) is 0.351. The molecule has 0 spiro atoms. The van der Waals surface area contributed by atoms with Crippen molar-refractivity contribution in [2.75, 3.05) is 13.1 Å². The number of ether oxygens (including phenoxy) is 1. The van der Waals surface area contributed by atoms with Crippen molar-refractivity contribution in [2.45, 2.75) is 65.6 Å². The second-order valence-electron chi connectivity index (χ2n) is 7.36. The molecule has 1 aliphatic rings. The molecule has 5 nitrogen and oxygen atoms in total. The van der Waals surface area contributed by atoms with E-state index in [1.54, 1.807) is 11.3 Å². The lowest BCUT2D eigenvalue weighted by Crippen LogP contribution is -2.47. The summed E-state index contributed by atoms with van der Waals surface area (Å²) in [5.74, 6) is 0.456. The zero-order chi connectivity index (χ0) is 17.0. The van der Waals surface area contributed by atoms with Crippen LogP contribution in [-0.4, -0.2) is 40.7 Å². The zero-order valence-corrected chi connectivity index (χ0v) is 15.7. The van der Waals surface area contributed by atoms with E-state index in [1.807, 2.05) is 31.9 Å². The number of carbonyl (C=O) groups excluding carboxylic acids is 1. The average molecular weight is 340 g/mol. The number of piperidine rings is 1. The number of likely N-dealkylation sites (tertiary alicyclic amines) is 1. The molecule has 2 heterocycles. The first-order chi connectivity index (χ1) is 10.7. The van der Waals surface area contributed by atoms with Crippen molar-refractivity contribution in [1.82, 2.24) is 15.2 Å². The van der Waals surface area contributed by atoms with Crippen molar-refractivity contribution in [3.8, 4) is 0 Å². The van der Waals surface area contributed by atoms with E-state index < -0.39 is 5.60 Å². The van der Waals surface area contributed by atoms with E-state index in [1.165, 1.54) is 4.88 Å². The Hall–Kier alpha value is -1.14. The number of carbonyl (C=O) groups is 1. The molecule has 2 atom stereocenters. The van der Waals surface area contributed by atoms with Crippen LogP contribution in [0.15, 0.2) is 6.20 Å². The maximum Gasteiger partial charge on any atom is 0.410 e. The number of nitrogens with zero attached hydrogens (tertiary/aromatic N) is 2. The van der Waals surface area contributed by atoms with Crippen molar-refractivity contribution >= 4 is 17.4 Å². The summed E-state index contributed by atoms with van der Waals surface area (Å²) in [5.41, 5.74) is -0.434. The molecule has 6 heteroatoms. The van der Waals surface area contributed by atoms with Crippen molar-refractivity contribution in [1.29, 1.82) is 0 Å². The van der Waals surface area contributed by atoms with Crippen LogP contribution in [0.2, 0.25) is 0 Å². The lowest BCUT2D eigenvalue weighted by atomic mass is 9.92. The van der Waals surface area contributed by atoms with Crippen LogP contribution in [0.3, 0.4) is 0 Å². The van der Waals surface area contributed by atoms with Crippen LogP contribution in [0.4, 0.5) is 4.79 Å². The van der Waals surface area contributed by atoms with E-state index >= 15 is 0 Å². The topological polar surface area (TPSA) is 54.5 Å². The van der Waals surface area contributed by atoms with Crippen LogP contribution in [0, 0.1) is 12.8 Å². The molecular formula is C17H29N3O2S. The SMILES string of the molecule is Cc1cnc(CNC(C)C2CCCN(C(=O)OC(C)(C)C)C2)s1. The summed E-state index contributed by atoms with van der Waals surface area (Å²) in [6.07, 6.45) is 3.90. The molecule has 1 N–H and O–H groups in total. The maximum atomic E-state index is 12.2. The molecule has 0 radical (unpaired) electrons.